The van der Waals surface area contributed by atoms with Gasteiger partial charge in [-0.15, -0.1) is 0 Å². The molecule has 0 fully saturated rings. The molecule has 2 heteroatoms. The Bertz CT molecular complexity index is 220. The molecule has 24 heavy (non-hydrogen) atoms. The molecule has 0 aromatic rings. The molecule has 0 radical (unpaired) electrons. The average molecular weight is 406 g/mol. The van der Waals surface area contributed by atoms with Gasteiger partial charge >= 0.3 is 0 Å². The summed E-state index contributed by atoms with van der Waals surface area (Å²) in [4.78, 5) is 0. The van der Waals surface area contributed by atoms with Crippen LogP contribution in [-0.4, -0.2) is 18.5 Å². The number of halogens is 1. The lowest BCUT2D eigenvalue weighted by Gasteiger charge is -2.17. The zero-order valence-corrected chi connectivity index (χ0v) is 18.4. The first kappa shape index (κ1) is 24.4. The third-order valence-electron chi connectivity index (χ3n) is 4.96. The van der Waals surface area contributed by atoms with Gasteiger partial charge in [0.1, 0.15) is 0 Å². The first-order valence-corrected chi connectivity index (χ1v) is 12.1. The van der Waals surface area contributed by atoms with Gasteiger partial charge in [0.25, 0.3) is 0 Å². The molecular weight excluding hydrogens is 360 g/mol. The van der Waals surface area contributed by atoms with Crippen LogP contribution in [0.5, 0.6) is 0 Å². The van der Waals surface area contributed by atoms with Crippen molar-refractivity contribution in [3.63, 3.8) is 0 Å². The maximum Gasteiger partial charge on any atom is 0.0494 e. The van der Waals surface area contributed by atoms with E-state index in [-0.39, 0.29) is 0 Å². The zero-order chi connectivity index (χ0) is 17.7. The monoisotopic (exact) mass is 404 g/mol. The second-order valence-corrected chi connectivity index (χ2v) is 8.24. The SMILES string of the molecule is CCCCCCCCC(CCCCCC)COCCCCCCBr. The Morgan fingerprint density at radius 3 is 1.75 bits per heavy atom. The third kappa shape index (κ3) is 18.8. The Hall–Kier alpha value is 0.440. The van der Waals surface area contributed by atoms with Crippen LogP contribution >= 0.6 is 15.9 Å². The lowest BCUT2D eigenvalue weighted by Crippen LogP contribution is -2.11. The third-order valence-corrected chi connectivity index (χ3v) is 5.52. The van der Waals surface area contributed by atoms with E-state index >= 15 is 0 Å². The Labute approximate surface area is 161 Å². The van der Waals surface area contributed by atoms with Crippen molar-refractivity contribution in [2.24, 2.45) is 5.92 Å². The smallest absolute Gasteiger partial charge is 0.0494 e. The van der Waals surface area contributed by atoms with Crippen LogP contribution < -0.4 is 0 Å². The number of alkyl halides is 1. The van der Waals surface area contributed by atoms with E-state index < -0.39 is 0 Å². The molecule has 0 aliphatic rings. The summed E-state index contributed by atoms with van der Waals surface area (Å²) in [5.74, 6) is 0.815. The summed E-state index contributed by atoms with van der Waals surface area (Å²) < 4.78 is 6.02. The molecule has 0 amide bonds. The summed E-state index contributed by atoms with van der Waals surface area (Å²) in [5, 5.41) is 1.14. The van der Waals surface area contributed by atoms with Gasteiger partial charge in [-0.1, -0.05) is 107 Å². The molecule has 0 heterocycles. The largest absolute Gasteiger partial charge is 0.381 e. The summed E-state index contributed by atoms with van der Waals surface area (Å²) >= 11 is 3.50. The van der Waals surface area contributed by atoms with Crippen LogP contribution in [0, 0.1) is 5.92 Å². The maximum absolute atomic E-state index is 6.02. The Morgan fingerprint density at radius 1 is 0.625 bits per heavy atom. The number of ether oxygens (including phenoxy) is 1. The van der Waals surface area contributed by atoms with Gasteiger partial charge in [-0.05, 0) is 31.6 Å². The van der Waals surface area contributed by atoms with E-state index in [1.54, 1.807) is 0 Å². The second-order valence-electron chi connectivity index (χ2n) is 7.45. The van der Waals surface area contributed by atoms with Gasteiger partial charge in [-0.3, -0.25) is 0 Å². The number of hydrogen-bond acceptors (Lipinski definition) is 1. The lowest BCUT2D eigenvalue weighted by atomic mass is 9.95. The summed E-state index contributed by atoms with van der Waals surface area (Å²) in [5.41, 5.74) is 0. The van der Waals surface area contributed by atoms with Crippen molar-refractivity contribution in [3.8, 4) is 0 Å². The van der Waals surface area contributed by atoms with E-state index in [0.717, 1.165) is 24.5 Å². The number of hydrogen-bond donors (Lipinski definition) is 0. The van der Waals surface area contributed by atoms with Crippen LogP contribution in [0.2, 0.25) is 0 Å². The van der Waals surface area contributed by atoms with Crippen molar-refractivity contribution in [2.75, 3.05) is 18.5 Å². The predicted molar refractivity (Wildman–Crippen MR) is 113 cm³/mol. The molecule has 1 unspecified atom stereocenters. The highest BCUT2D eigenvalue weighted by Crippen LogP contribution is 2.19. The fourth-order valence-corrected chi connectivity index (χ4v) is 3.68. The van der Waals surface area contributed by atoms with Crippen molar-refractivity contribution in [1.29, 1.82) is 0 Å². The van der Waals surface area contributed by atoms with Gasteiger partial charge in [0.2, 0.25) is 0 Å². The normalized spacial score (nSPS) is 12.6. The molecule has 146 valence electrons. The van der Waals surface area contributed by atoms with Crippen molar-refractivity contribution in [1.82, 2.24) is 0 Å². The molecule has 0 saturated heterocycles. The molecule has 0 aromatic heterocycles. The quantitative estimate of drug-likeness (QED) is 0.146. The van der Waals surface area contributed by atoms with E-state index in [4.69, 9.17) is 4.74 Å². The van der Waals surface area contributed by atoms with E-state index in [0.29, 0.717) is 0 Å². The van der Waals surface area contributed by atoms with Crippen LogP contribution in [-0.2, 0) is 4.74 Å². The van der Waals surface area contributed by atoms with Gasteiger partial charge < -0.3 is 4.74 Å². The van der Waals surface area contributed by atoms with Crippen molar-refractivity contribution in [3.05, 3.63) is 0 Å². The Balaban J connectivity index is 3.70. The molecule has 0 spiro atoms. The number of rotatable bonds is 20. The van der Waals surface area contributed by atoms with E-state index in [9.17, 15) is 0 Å². The van der Waals surface area contributed by atoms with Crippen LogP contribution in [0.3, 0.4) is 0 Å². The Morgan fingerprint density at radius 2 is 1.12 bits per heavy atom. The fourth-order valence-electron chi connectivity index (χ4n) is 3.29. The fraction of sp³-hybridized carbons (Fsp3) is 1.00. The Kier molecular flexibility index (Phi) is 21.9. The van der Waals surface area contributed by atoms with Crippen molar-refractivity contribution < 1.29 is 4.74 Å². The van der Waals surface area contributed by atoms with Crippen molar-refractivity contribution in [2.45, 2.75) is 117 Å². The van der Waals surface area contributed by atoms with Crippen molar-refractivity contribution >= 4 is 15.9 Å². The first-order chi connectivity index (χ1) is 11.8. The summed E-state index contributed by atoms with van der Waals surface area (Å²) in [6, 6.07) is 0. The van der Waals surface area contributed by atoms with Gasteiger partial charge in [0.15, 0.2) is 0 Å². The lowest BCUT2D eigenvalue weighted by molar-refractivity contribution is 0.0879. The molecule has 0 aromatic carbocycles. The molecule has 1 atom stereocenters. The van der Waals surface area contributed by atoms with Crippen LogP contribution in [0.4, 0.5) is 0 Å². The first-order valence-electron chi connectivity index (χ1n) is 11.0. The minimum atomic E-state index is 0.815. The van der Waals surface area contributed by atoms with Crippen LogP contribution in [0.25, 0.3) is 0 Å². The molecule has 0 rings (SSSR count). The molecule has 0 saturated carbocycles. The molecule has 0 bridgehead atoms. The topological polar surface area (TPSA) is 9.23 Å². The molecule has 0 aliphatic carbocycles. The highest BCUT2D eigenvalue weighted by Gasteiger charge is 2.09. The average Bonchev–Trinajstić information content (AvgIpc) is 2.60. The van der Waals surface area contributed by atoms with E-state index in [1.165, 1.54) is 103 Å². The van der Waals surface area contributed by atoms with Gasteiger partial charge in [-0.25, -0.2) is 0 Å². The molecule has 1 nitrogen and oxygen atoms in total. The molecular formula is C22H45BrO. The summed E-state index contributed by atoms with van der Waals surface area (Å²) in [6.45, 7) is 6.58. The van der Waals surface area contributed by atoms with Crippen LogP contribution in [0.15, 0.2) is 0 Å². The molecule has 0 N–H and O–H groups in total. The number of unbranched alkanes of at least 4 members (excludes halogenated alkanes) is 11. The minimum Gasteiger partial charge on any atom is -0.381 e. The van der Waals surface area contributed by atoms with Gasteiger partial charge in [0, 0.05) is 18.5 Å². The minimum absolute atomic E-state index is 0.815. The van der Waals surface area contributed by atoms with E-state index in [1.807, 2.05) is 0 Å². The highest BCUT2D eigenvalue weighted by atomic mass is 79.9. The molecule has 0 aliphatic heterocycles. The van der Waals surface area contributed by atoms with Gasteiger partial charge in [0.05, 0.1) is 0 Å². The predicted octanol–water partition coefficient (Wildman–Crippen LogP) is 8.30. The maximum atomic E-state index is 6.02. The standard InChI is InChI=1S/C22H45BrO/c1-3-5-7-9-10-14-18-22(17-13-8-6-4-2)21-24-20-16-12-11-15-19-23/h22H,3-21H2,1-2H3. The summed E-state index contributed by atoms with van der Waals surface area (Å²) in [6.07, 6.45) is 22.0. The second kappa shape index (κ2) is 21.5. The van der Waals surface area contributed by atoms with Crippen LogP contribution in [0.1, 0.15) is 117 Å². The zero-order valence-electron chi connectivity index (χ0n) is 16.8. The van der Waals surface area contributed by atoms with Gasteiger partial charge in [-0.2, -0.15) is 0 Å². The highest BCUT2D eigenvalue weighted by molar-refractivity contribution is 9.09. The summed E-state index contributed by atoms with van der Waals surface area (Å²) in [7, 11) is 0. The van der Waals surface area contributed by atoms with E-state index in [2.05, 4.69) is 29.8 Å².